The number of hydrogen-bond donors (Lipinski definition) is 0. The Hall–Kier alpha value is -3.79. The van der Waals surface area contributed by atoms with Gasteiger partial charge in [-0.25, -0.2) is 19.3 Å². The van der Waals surface area contributed by atoms with Crippen molar-refractivity contribution in [2.24, 2.45) is 0 Å². The third kappa shape index (κ3) is 4.01. The predicted molar refractivity (Wildman–Crippen MR) is 132 cm³/mol. The first-order valence-corrected chi connectivity index (χ1v) is 12.1. The Morgan fingerprint density at radius 3 is 2.86 bits per heavy atom. The van der Waals surface area contributed by atoms with Gasteiger partial charge in [-0.1, -0.05) is 11.6 Å². The zero-order valence-corrected chi connectivity index (χ0v) is 20.2. The molecule has 6 rings (SSSR count). The van der Waals surface area contributed by atoms with Gasteiger partial charge in [-0.15, -0.1) is 0 Å². The molecule has 3 aromatic heterocycles. The van der Waals surface area contributed by atoms with E-state index in [1.54, 1.807) is 35.0 Å². The zero-order chi connectivity index (χ0) is 24.8. The molecule has 11 heteroatoms. The molecule has 0 bridgehead atoms. The van der Waals surface area contributed by atoms with E-state index >= 15 is 4.39 Å². The summed E-state index contributed by atoms with van der Waals surface area (Å²) in [7, 11) is 1.50. The summed E-state index contributed by atoms with van der Waals surface area (Å²) in [5.74, 6) is 1.17. The van der Waals surface area contributed by atoms with E-state index in [9.17, 15) is 4.79 Å². The van der Waals surface area contributed by atoms with Gasteiger partial charge in [0.05, 0.1) is 19.0 Å². The number of halogens is 2. The molecular formula is C25H22ClFN6O3. The lowest BCUT2D eigenvalue weighted by Gasteiger charge is -2.20. The quantitative estimate of drug-likeness (QED) is 0.403. The molecule has 1 atom stereocenters. The van der Waals surface area contributed by atoms with Crippen LogP contribution in [0.5, 0.6) is 11.9 Å². The maximum Gasteiger partial charge on any atom is 0.319 e. The average molecular weight is 509 g/mol. The summed E-state index contributed by atoms with van der Waals surface area (Å²) in [5, 5.41) is 0.700. The third-order valence-electron chi connectivity index (χ3n) is 6.52. The van der Waals surface area contributed by atoms with Crippen LogP contribution < -0.4 is 19.9 Å². The monoisotopic (exact) mass is 508 g/mol. The first kappa shape index (κ1) is 22.7. The lowest BCUT2D eigenvalue weighted by Crippen LogP contribution is -2.27. The highest BCUT2D eigenvalue weighted by atomic mass is 35.5. The molecule has 4 aromatic rings. The smallest absolute Gasteiger partial charge is 0.319 e. The van der Waals surface area contributed by atoms with Crippen LogP contribution in [0.4, 0.5) is 10.2 Å². The van der Waals surface area contributed by atoms with Crippen LogP contribution in [0.25, 0.3) is 22.2 Å². The Kier molecular flexibility index (Phi) is 5.67. The Morgan fingerprint density at radius 2 is 2.03 bits per heavy atom. The van der Waals surface area contributed by atoms with E-state index in [-0.39, 0.29) is 28.3 Å². The predicted octanol–water partition coefficient (Wildman–Crippen LogP) is 3.65. The van der Waals surface area contributed by atoms with Gasteiger partial charge >= 0.3 is 6.01 Å². The number of aromatic nitrogens is 5. The summed E-state index contributed by atoms with van der Waals surface area (Å²) in [6.07, 6.45) is 3.69. The van der Waals surface area contributed by atoms with Crippen molar-refractivity contribution in [1.29, 1.82) is 0 Å². The standard InChI is InChI=1S/C25H22ClFN6O3/c1-35-25-28-8-6-21(31-25)36-15-7-10-32(13-15)20-12-17-23(29-19-3-2-9-33(19)24(17)34)22(30-20)16-5-4-14(26)11-18(16)27/h4-6,8,11-12,15H,2-3,7,9-10,13H2,1H3/t15-/m1/s1. The minimum Gasteiger partial charge on any atom is -0.472 e. The van der Waals surface area contributed by atoms with Crippen LogP contribution in [0, 0.1) is 5.82 Å². The summed E-state index contributed by atoms with van der Waals surface area (Å²) in [6.45, 7) is 1.79. The minimum absolute atomic E-state index is 0.133. The fraction of sp³-hybridized carbons (Fsp3) is 0.320. The number of methoxy groups -OCH3 is 1. The van der Waals surface area contributed by atoms with Gasteiger partial charge in [-0.2, -0.15) is 4.98 Å². The second kappa shape index (κ2) is 9.02. The van der Waals surface area contributed by atoms with Crippen molar-refractivity contribution in [3.63, 3.8) is 0 Å². The highest BCUT2D eigenvalue weighted by Crippen LogP contribution is 2.33. The number of pyridine rings is 1. The van der Waals surface area contributed by atoms with Gasteiger partial charge < -0.3 is 14.4 Å². The van der Waals surface area contributed by atoms with Crippen molar-refractivity contribution >= 4 is 28.3 Å². The van der Waals surface area contributed by atoms with Crippen LogP contribution in [-0.2, 0) is 13.0 Å². The summed E-state index contributed by atoms with van der Waals surface area (Å²) in [5.41, 5.74) is 0.847. The average Bonchev–Trinajstić information content (AvgIpc) is 3.54. The van der Waals surface area contributed by atoms with Gasteiger partial charge in [0.2, 0.25) is 5.88 Å². The Labute approximate surface area is 210 Å². The van der Waals surface area contributed by atoms with Crippen molar-refractivity contribution < 1.29 is 13.9 Å². The lowest BCUT2D eigenvalue weighted by molar-refractivity contribution is 0.212. The molecular weight excluding hydrogens is 487 g/mol. The molecule has 1 aromatic carbocycles. The van der Waals surface area contributed by atoms with E-state index < -0.39 is 5.82 Å². The zero-order valence-electron chi connectivity index (χ0n) is 19.4. The van der Waals surface area contributed by atoms with Gasteiger partial charge in [-0.05, 0) is 30.7 Å². The van der Waals surface area contributed by atoms with E-state index in [4.69, 9.17) is 31.0 Å². The Bertz CT molecular complexity index is 1540. The van der Waals surface area contributed by atoms with Gasteiger partial charge in [0, 0.05) is 48.8 Å². The number of anilines is 1. The molecule has 36 heavy (non-hydrogen) atoms. The number of rotatable bonds is 5. The van der Waals surface area contributed by atoms with E-state index in [0.717, 1.165) is 12.8 Å². The first-order chi connectivity index (χ1) is 17.5. The summed E-state index contributed by atoms with van der Waals surface area (Å²) < 4.78 is 27.8. The third-order valence-corrected chi connectivity index (χ3v) is 6.76. The number of ether oxygens (including phenoxy) is 2. The number of aryl methyl sites for hydroxylation is 1. The molecule has 5 heterocycles. The van der Waals surface area contributed by atoms with Crippen molar-refractivity contribution in [2.75, 3.05) is 25.1 Å². The molecule has 0 spiro atoms. The van der Waals surface area contributed by atoms with Crippen LogP contribution in [0.15, 0.2) is 41.3 Å². The molecule has 2 aliphatic heterocycles. The minimum atomic E-state index is -0.517. The Morgan fingerprint density at radius 1 is 1.14 bits per heavy atom. The van der Waals surface area contributed by atoms with Crippen LogP contribution >= 0.6 is 11.6 Å². The van der Waals surface area contributed by atoms with E-state index in [1.807, 2.05) is 4.90 Å². The molecule has 2 aliphatic rings. The second-order valence-corrected chi connectivity index (χ2v) is 9.23. The molecule has 0 saturated carbocycles. The summed E-state index contributed by atoms with van der Waals surface area (Å²) >= 11 is 5.99. The van der Waals surface area contributed by atoms with Crippen LogP contribution in [-0.4, -0.2) is 50.8 Å². The largest absolute Gasteiger partial charge is 0.472 e. The maximum atomic E-state index is 15.0. The first-order valence-electron chi connectivity index (χ1n) is 11.7. The highest BCUT2D eigenvalue weighted by molar-refractivity contribution is 6.30. The summed E-state index contributed by atoms with van der Waals surface area (Å²) in [6, 6.07) is 8.09. The Balaban J connectivity index is 1.40. The van der Waals surface area contributed by atoms with E-state index in [0.29, 0.717) is 60.2 Å². The van der Waals surface area contributed by atoms with Crippen LogP contribution in [0.2, 0.25) is 5.02 Å². The number of benzene rings is 1. The fourth-order valence-electron chi connectivity index (χ4n) is 4.79. The normalized spacial score (nSPS) is 17.0. The number of hydrogen-bond acceptors (Lipinski definition) is 8. The molecule has 0 N–H and O–H groups in total. The van der Waals surface area contributed by atoms with Crippen molar-refractivity contribution in [3.05, 3.63) is 63.5 Å². The maximum absolute atomic E-state index is 15.0. The molecule has 0 radical (unpaired) electrons. The fourth-order valence-corrected chi connectivity index (χ4v) is 4.95. The van der Waals surface area contributed by atoms with Gasteiger partial charge in [0.25, 0.3) is 5.56 Å². The molecule has 9 nitrogen and oxygen atoms in total. The van der Waals surface area contributed by atoms with E-state index in [1.165, 1.54) is 13.2 Å². The molecule has 0 aliphatic carbocycles. The van der Waals surface area contributed by atoms with Crippen LogP contribution in [0.1, 0.15) is 18.7 Å². The van der Waals surface area contributed by atoms with Crippen molar-refractivity contribution in [3.8, 4) is 23.1 Å². The van der Waals surface area contributed by atoms with E-state index in [2.05, 4.69) is 9.97 Å². The number of fused-ring (bicyclic) bond motifs is 2. The van der Waals surface area contributed by atoms with Gasteiger partial charge in [-0.3, -0.25) is 9.36 Å². The topological polar surface area (TPSA) is 95.3 Å². The van der Waals surface area contributed by atoms with Crippen molar-refractivity contribution in [2.45, 2.75) is 31.9 Å². The molecule has 0 unspecified atom stereocenters. The van der Waals surface area contributed by atoms with Crippen LogP contribution in [0.3, 0.4) is 0 Å². The lowest BCUT2D eigenvalue weighted by atomic mass is 10.1. The highest BCUT2D eigenvalue weighted by Gasteiger charge is 2.28. The molecule has 1 fully saturated rings. The number of nitrogens with zero attached hydrogens (tertiary/aromatic N) is 6. The molecule has 1 saturated heterocycles. The van der Waals surface area contributed by atoms with Crippen molar-refractivity contribution in [1.82, 2.24) is 24.5 Å². The SMILES string of the molecule is COc1nccc(O[C@@H]2CCN(c3cc4c(=O)n5c(nc4c(-c4ccc(Cl)cc4F)n3)CCC5)C2)n1. The van der Waals surface area contributed by atoms with Gasteiger partial charge in [0.15, 0.2) is 0 Å². The molecule has 0 amide bonds. The molecule has 184 valence electrons. The second-order valence-electron chi connectivity index (χ2n) is 8.79. The van der Waals surface area contributed by atoms with Gasteiger partial charge in [0.1, 0.15) is 34.8 Å². The summed E-state index contributed by atoms with van der Waals surface area (Å²) in [4.78, 5) is 33.2.